The molecule has 0 fully saturated rings. The van der Waals surface area contributed by atoms with Crippen molar-refractivity contribution in [3.05, 3.63) is 22.6 Å². The van der Waals surface area contributed by atoms with Gasteiger partial charge >= 0.3 is 12.1 Å². The molecule has 3 rings (SSSR count). The molecule has 1 amide bonds. The van der Waals surface area contributed by atoms with Crippen LogP contribution in [0.4, 0.5) is 10.5 Å². The Hall–Kier alpha value is -1.79. The topological polar surface area (TPSA) is 66.8 Å². The first-order chi connectivity index (χ1) is 10.4. The molecule has 0 bridgehead atoms. The van der Waals surface area contributed by atoms with Crippen LogP contribution in [-0.4, -0.2) is 29.6 Å². The standard InChI is InChI=1S/C15H14ClNO4S/c1-7-6-22-14-11(21-8(2)18)3-10-13(12(7)14)9(4-16)5-17(10)15(19)20/h3,6,9H,4-5H2,1-2H3,(H,19,20)/t9-/m0/s1. The van der Waals surface area contributed by atoms with Crippen LogP contribution in [0.15, 0.2) is 11.4 Å². The molecular formula is C15H14ClNO4S. The van der Waals surface area contributed by atoms with Gasteiger partial charge in [-0.25, -0.2) is 4.79 Å². The summed E-state index contributed by atoms with van der Waals surface area (Å²) >= 11 is 7.53. The van der Waals surface area contributed by atoms with Crippen LogP contribution in [0.2, 0.25) is 0 Å². The van der Waals surface area contributed by atoms with Crippen molar-refractivity contribution in [2.24, 2.45) is 0 Å². The van der Waals surface area contributed by atoms with E-state index in [9.17, 15) is 14.7 Å². The fourth-order valence-corrected chi connectivity index (χ4v) is 4.21. The largest absolute Gasteiger partial charge is 0.465 e. The summed E-state index contributed by atoms with van der Waals surface area (Å²) in [5, 5.41) is 12.3. The minimum absolute atomic E-state index is 0.0602. The number of nitrogens with zero attached hydrogens (tertiary/aromatic N) is 1. The van der Waals surface area contributed by atoms with Gasteiger partial charge in [0.15, 0.2) is 5.75 Å². The number of rotatable bonds is 2. The number of benzene rings is 1. The number of hydrogen-bond donors (Lipinski definition) is 1. The van der Waals surface area contributed by atoms with Crippen LogP contribution in [-0.2, 0) is 4.79 Å². The number of aryl methyl sites for hydroxylation is 1. The van der Waals surface area contributed by atoms with Gasteiger partial charge in [0.05, 0.1) is 10.4 Å². The molecule has 0 saturated heterocycles. The van der Waals surface area contributed by atoms with Crippen molar-refractivity contribution < 1.29 is 19.4 Å². The summed E-state index contributed by atoms with van der Waals surface area (Å²) in [7, 11) is 0. The number of alkyl halides is 1. The summed E-state index contributed by atoms with van der Waals surface area (Å²) in [5.41, 5.74) is 2.53. The van der Waals surface area contributed by atoms with E-state index in [1.54, 1.807) is 6.07 Å². The number of fused-ring (bicyclic) bond motifs is 3. The zero-order valence-electron chi connectivity index (χ0n) is 12.1. The van der Waals surface area contributed by atoms with Crippen molar-refractivity contribution in [2.45, 2.75) is 19.8 Å². The third-order valence-electron chi connectivity index (χ3n) is 3.78. The summed E-state index contributed by atoms with van der Waals surface area (Å²) in [6, 6.07) is 1.63. The number of esters is 1. The van der Waals surface area contributed by atoms with Crippen molar-refractivity contribution in [3.63, 3.8) is 0 Å². The quantitative estimate of drug-likeness (QED) is 0.511. The van der Waals surface area contributed by atoms with E-state index in [2.05, 4.69) is 0 Å². The van der Waals surface area contributed by atoms with E-state index in [-0.39, 0.29) is 5.92 Å². The van der Waals surface area contributed by atoms with E-state index in [4.69, 9.17) is 16.3 Å². The maximum Gasteiger partial charge on any atom is 0.411 e. The van der Waals surface area contributed by atoms with E-state index >= 15 is 0 Å². The molecule has 116 valence electrons. The molecule has 0 aliphatic carbocycles. The molecule has 0 spiro atoms. The molecule has 0 unspecified atom stereocenters. The molecule has 0 saturated carbocycles. The number of amides is 1. The van der Waals surface area contributed by atoms with Crippen LogP contribution in [0.3, 0.4) is 0 Å². The van der Waals surface area contributed by atoms with Crippen molar-refractivity contribution in [3.8, 4) is 5.75 Å². The summed E-state index contributed by atoms with van der Waals surface area (Å²) in [4.78, 5) is 24.1. The van der Waals surface area contributed by atoms with Gasteiger partial charge in [0.25, 0.3) is 0 Å². The average Bonchev–Trinajstić information content (AvgIpc) is 2.99. The van der Waals surface area contributed by atoms with Crippen LogP contribution in [0, 0.1) is 6.92 Å². The molecule has 1 aromatic carbocycles. The van der Waals surface area contributed by atoms with Gasteiger partial charge in [-0.2, -0.15) is 0 Å². The molecule has 1 atom stereocenters. The molecule has 1 aromatic heterocycles. The van der Waals surface area contributed by atoms with Crippen molar-refractivity contribution in [2.75, 3.05) is 17.3 Å². The van der Waals surface area contributed by atoms with Crippen molar-refractivity contribution in [1.29, 1.82) is 0 Å². The summed E-state index contributed by atoms with van der Waals surface area (Å²) < 4.78 is 6.14. The Morgan fingerprint density at radius 3 is 2.86 bits per heavy atom. The highest BCUT2D eigenvalue weighted by atomic mass is 35.5. The van der Waals surface area contributed by atoms with Gasteiger partial charge in [0.1, 0.15) is 0 Å². The molecule has 5 nitrogen and oxygen atoms in total. The van der Waals surface area contributed by atoms with Gasteiger partial charge in [0.2, 0.25) is 0 Å². The van der Waals surface area contributed by atoms with Crippen LogP contribution >= 0.6 is 22.9 Å². The Kier molecular flexibility index (Phi) is 3.74. The molecule has 1 aliphatic heterocycles. The first kappa shape index (κ1) is 15.1. The van der Waals surface area contributed by atoms with Gasteiger partial charge in [0, 0.05) is 36.7 Å². The van der Waals surface area contributed by atoms with E-state index in [0.29, 0.717) is 23.9 Å². The first-order valence-corrected chi connectivity index (χ1v) is 8.15. The van der Waals surface area contributed by atoms with E-state index in [1.165, 1.54) is 23.2 Å². The van der Waals surface area contributed by atoms with Gasteiger partial charge in [-0.1, -0.05) is 0 Å². The number of carbonyl (C=O) groups is 2. The zero-order valence-corrected chi connectivity index (χ0v) is 13.6. The Labute approximate surface area is 136 Å². The third kappa shape index (κ3) is 2.23. The molecule has 1 aliphatic rings. The SMILES string of the molecule is CC(=O)Oc1cc2c(c3c(C)csc13)[C@@H](CCl)CN2C(=O)O. The predicted molar refractivity (Wildman–Crippen MR) is 86.7 cm³/mol. The van der Waals surface area contributed by atoms with E-state index < -0.39 is 12.1 Å². The fraction of sp³-hybridized carbons (Fsp3) is 0.333. The smallest absolute Gasteiger partial charge is 0.411 e. The Morgan fingerprint density at radius 2 is 2.27 bits per heavy atom. The van der Waals surface area contributed by atoms with Crippen LogP contribution in [0.5, 0.6) is 5.75 Å². The predicted octanol–water partition coefficient (Wildman–Crippen LogP) is 3.96. The number of thiophene rings is 1. The Balaban J connectivity index is 2.32. The minimum Gasteiger partial charge on any atom is -0.465 e. The summed E-state index contributed by atoms with van der Waals surface area (Å²) in [5.74, 6) is 0.255. The number of ether oxygens (including phenoxy) is 1. The minimum atomic E-state index is -1.03. The normalized spacial score (nSPS) is 16.9. The number of hydrogen-bond acceptors (Lipinski definition) is 4. The molecule has 1 N–H and O–H groups in total. The first-order valence-electron chi connectivity index (χ1n) is 6.73. The maximum atomic E-state index is 11.5. The molecule has 0 radical (unpaired) electrons. The summed E-state index contributed by atoms with van der Waals surface area (Å²) in [6.07, 6.45) is -1.03. The summed E-state index contributed by atoms with van der Waals surface area (Å²) in [6.45, 7) is 3.61. The highest BCUT2D eigenvalue weighted by molar-refractivity contribution is 7.17. The van der Waals surface area contributed by atoms with Gasteiger partial charge in [-0.05, 0) is 23.4 Å². The van der Waals surface area contributed by atoms with Crippen LogP contribution in [0.1, 0.15) is 24.0 Å². The molecule has 7 heteroatoms. The van der Waals surface area contributed by atoms with Crippen molar-refractivity contribution >= 4 is 50.8 Å². The lowest BCUT2D eigenvalue weighted by Crippen LogP contribution is -2.28. The fourth-order valence-electron chi connectivity index (χ4n) is 2.94. The van der Waals surface area contributed by atoms with E-state index in [1.807, 2.05) is 12.3 Å². The molecule has 2 aromatic rings. The molecule has 22 heavy (non-hydrogen) atoms. The van der Waals surface area contributed by atoms with Gasteiger partial charge in [-0.15, -0.1) is 22.9 Å². The number of anilines is 1. The van der Waals surface area contributed by atoms with Crippen LogP contribution < -0.4 is 9.64 Å². The van der Waals surface area contributed by atoms with Gasteiger partial charge < -0.3 is 9.84 Å². The Morgan fingerprint density at radius 1 is 1.55 bits per heavy atom. The second-order valence-corrected chi connectivity index (χ2v) is 6.46. The number of carbonyl (C=O) groups excluding carboxylic acids is 1. The highest BCUT2D eigenvalue weighted by Gasteiger charge is 2.35. The molecular weight excluding hydrogens is 326 g/mol. The number of halogens is 1. The second-order valence-electron chi connectivity index (χ2n) is 5.27. The zero-order chi connectivity index (χ0) is 16.0. The molecule has 2 heterocycles. The highest BCUT2D eigenvalue weighted by Crippen LogP contribution is 2.48. The third-order valence-corrected chi connectivity index (χ3v) is 5.27. The van der Waals surface area contributed by atoms with Crippen molar-refractivity contribution in [1.82, 2.24) is 0 Å². The number of carboxylic acid groups (broad SMARTS) is 1. The maximum absolute atomic E-state index is 11.5. The lowest BCUT2D eigenvalue weighted by atomic mass is 9.97. The average molecular weight is 340 g/mol. The Bertz CT molecular complexity index is 785. The second kappa shape index (κ2) is 5.44. The monoisotopic (exact) mass is 339 g/mol. The lowest BCUT2D eigenvalue weighted by Gasteiger charge is -2.14. The van der Waals surface area contributed by atoms with Crippen LogP contribution in [0.25, 0.3) is 10.1 Å². The van der Waals surface area contributed by atoms with E-state index in [0.717, 1.165) is 21.2 Å². The lowest BCUT2D eigenvalue weighted by molar-refractivity contribution is -0.131. The van der Waals surface area contributed by atoms with Gasteiger partial charge in [-0.3, -0.25) is 9.69 Å².